The van der Waals surface area contributed by atoms with Gasteiger partial charge in [-0.05, 0) is 69.9 Å². The Morgan fingerprint density at radius 2 is 1.57 bits per heavy atom. The molecule has 3 fully saturated rings. The van der Waals surface area contributed by atoms with Gasteiger partial charge in [-0.15, -0.1) is 0 Å². The van der Waals surface area contributed by atoms with Crippen LogP contribution in [0, 0.1) is 16.0 Å². The summed E-state index contributed by atoms with van der Waals surface area (Å²) in [5, 5.41) is 14.3. The lowest BCUT2D eigenvalue weighted by molar-refractivity contribution is -0.384. The number of hydrogen-bond donors (Lipinski definition) is 1. The Labute approximate surface area is 167 Å². The lowest BCUT2D eigenvalue weighted by Crippen LogP contribution is -2.53. The minimum Gasteiger partial charge on any atom is -0.369 e. The van der Waals surface area contributed by atoms with Gasteiger partial charge in [-0.25, -0.2) is 0 Å². The number of piperazine rings is 1. The molecule has 3 aliphatic heterocycles. The van der Waals surface area contributed by atoms with Crippen LogP contribution < -0.4 is 10.2 Å². The molecule has 7 nitrogen and oxygen atoms in total. The zero-order valence-electron chi connectivity index (χ0n) is 16.8. The van der Waals surface area contributed by atoms with Crippen molar-refractivity contribution in [2.75, 3.05) is 63.8 Å². The molecule has 7 heteroatoms. The second kappa shape index (κ2) is 9.20. The van der Waals surface area contributed by atoms with Crippen molar-refractivity contribution < 1.29 is 4.92 Å². The quantitative estimate of drug-likeness (QED) is 0.617. The highest BCUT2D eigenvalue weighted by atomic mass is 16.6. The molecular formula is C21H33N5O2. The number of nitrogens with one attached hydrogen (secondary N) is 1. The summed E-state index contributed by atoms with van der Waals surface area (Å²) in [5.74, 6) is 0.892. The number of nitrogens with zero attached hydrogens (tertiary/aromatic N) is 4. The predicted molar refractivity (Wildman–Crippen MR) is 112 cm³/mol. The van der Waals surface area contributed by atoms with Gasteiger partial charge in [-0.3, -0.25) is 15.0 Å². The van der Waals surface area contributed by atoms with Crippen molar-refractivity contribution in [1.82, 2.24) is 15.1 Å². The van der Waals surface area contributed by atoms with E-state index in [0.717, 1.165) is 43.8 Å². The second-order valence-electron chi connectivity index (χ2n) is 8.52. The molecule has 0 unspecified atom stereocenters. The SMILES string of the molecule is O=[N+]([O-])c1ccc(N2CCN(C3CCN(CC4CCNCC4)CC3)CC2)cc1. The largest absolute Gasteiger partial charge is 0.369 e. The van der Waals surface area contributed by atoms with E-state index in [1.54, 1.807) is 12.1 Å². The Morgan fingerprint density at radius 1 is 0.929 bits per heavy atom. The van der Waals surface area contributed by atoms with Crippen LogP contribution in [0.4, 0.5) is 11.4 Å². The average Bonchev–Trinajstić information content (AvgIpc) is 2.75. The van der Waals surface area contributed by atoms with Crippen molar-refractivity contribution in [3.8, 4) is 0 Å². The maximum Gasteiger partial charge on any atom is 0.269 e. The van der Waals surface area contributed by atoms with Gasteiger partial charge < -0.3 is 15.1 Å². The number of likely N-dealkylation sites (tertiary alicyclic amines) is 1. The van der Waals surface area contributed by atoms with Crippen molar-refractivity contribution in [1.29, 1.82) is 0 Å². The van der Waals surface area contributed by atoms with Gasteiger partial charge in [0, 0.05) is 56.6 Å². The molecular weight excluding hydrogens is 354 g/mol. The molecule has 1 N–H and O–H groups in total. The van der Waals surface area contributed by atoms with Crippen molar-refractivity contribution in [2.45, 2.75) is 31.7 Å². The smallest absolute Gasteiger partial charge is 0.269 e. The average molecular weight is 388 g/mol. The molecule has 0 radical (unpaired) electrons. The molecule has 0 amide bonds. The first kappa shape index (κ1) is 19.6. The Hall–Kier alpha value is -1.70. The van der Waals surface area contributed by atoms with Crippen LogP contribution >= 0.6 is 0 Å². The fraction of sp³-hybridized carbons (Fsp3) is 0.714. The molecule has 3 heterocycles. The lowest BCUT2D eigenvalue weighted by Gasteiger charge is -2.44. The summed E-state index contributed by atoms with van der Waals surface area (Å²) in [6.07, 6.45) is 5.26. The number of piperidine rings is 2. The van der Waals surface area contributed by atoms with Crippen molar-refractivity contribution in [3.63, 3.8) is 0 Å². The molecule has 1 aromatic carbocycles. The van der Waals surface area contributed by atoms with Gasteiger partial charge in [-0.1, -0.05) is 0 Å². The van der Waals surface area contributed by atoms with E-state index in [0.29, 0.717) is 0 Å². The van der Waals surface area contributed by atoms with Gasteiger partial charge in [0.1, 0.15) is 0 Å². The highest BCUT2D eigenvalue weighted by molar-refractivity contribution is 5.51. The Kier molecular flexibility index (Phi) is 6.44. The topological polar surface area (TPSA) is 64.9 Å². The van der Waals surface area contributed by atoms with Gasteiger partial charge in [0.15, 0.2) is 0 Å². The van der Waals surface area contributed by atoms with E-state index in [9.17, 15) is 10.1 Å². The minimum absolute atomic E-state index is 0.165. The van der Waals surface area contributed by atoms with E-state index < -0.39 is 0 Å². The molecule has 0 aromatic heterocycles. The second-order valence-corrected chi connectivity index (χ2v) is 8.52. The van der Waals surface area contributed by atoms with E-state index >= 15 is 0 Å². The van der Waals surface area contributed by atoms with E-state index in [1.165, 1.54) is 58.4 Å². The molecule has 0 aliphatic carbocycles. The van der Waals surface area contributed by atoms with Crippen LogP contribution in [0.2, 0.25) is 0 Å². The monoisotopic (exact) mass is 387 g/mol. The third kappa shape index (κ3) is 4.82. The maximum atomic E-state index is 10.8. The summed E-state index contributed by atoms with van der Waals surface area (Å²) in [6.45, 7) is 10.4. The number of hydrogen-bond acceptors (Lipinski definition) is 6. The van der Waals surface area contributed by atoms with Crippen LogP contribution in [-0.2, 0) is 0 Å². The fourth-order valence-electron chi connectivity index (χ4n) is 5.03. The molecule has 0 saturated carbocycles. The van der Waals surface area contributed by atoms with Crippen LogP contribution in [-0.4, -0.2) is 79.7 Å². The third-order valence-electron chi connectivity index (χ3n) is 6.79. The molecule has 3 aliphatic rings. The number of nitro benzene ring substituents is 1. The highest BCUT2D eigenvalue weighted by Crippen LogP contribution is 2.24. The Bertz CT molecular complexity index is 631. The lowest BCUT2D eigenvalue weighted by atomic mass is 9.95. The summed E-state index contributed by atoms with van der Waals surface area (Å²) in [5.41, 5.74) is 1.26. The van der Waals surface area contributed by atoms with Crippen LogP contribution in [0.15, 0.2) is 24.3 Å². The number of benzene rings is 1. The standard InChI is InChI=1S/C21H33N5O2/c27-26(28)21-3-1-19(2-4-21)24-13-15-25(16-14-24)20-7-11-23(12-8-20)17-18-5-9-22-10-6-18/h1-4,18,20,22H,5-17H2. The van der Waals surface area contributed by atoms with Crippen molar-refractivity contribution in [2.24, 2.45) is 5.92 Å². The number of non-ortho nitro benzene ring substituents is 1. The summed E-state index contributed by atoms with van der Waals surface area (Å²) < 4.78 is 0. The highest BCUT2D eigenvalue weighted by Gasteiger charge is 2.28. The van der Waals surface area contributed by atoms with Gasteiger partial charge in [0.25, 0.3) is 5.69 Å². The third-order valence-corrected chi connectivity index (χ3v) is 6.79. The molecule has 3 saturated heterocycles. The van der Waals surface area contributed by atoms with Crippen LogP contribution in [0.25, 0.3) is 0 Å². The molecule has 0 spiro atoms. The zero-order valence-corrected chi connectivity index (χ0v) is 16.8. The zero-order chi connectivity index (χ0) is 19.3. The van der Waals surface area contributed by atoms with E-state index in [-0.39, 0.29) is 10.6 Å². The normalized spacial score (nSPS) is 23.8. The molecule has 0 bridgehead atoms. The molecule has 4 rings (SSSR count). The summed E-state index contributed by atoms with van der Waals surface area (Å²) in [4.78, 5) is 18.2. The Balaban J connectivity index is 1.20. The van der Waals surface area contributed by atoms with Gasteiger partial charge in [-0.2, -0.15) is 0 Å². The summed E-state index contributed by atoms with van der Waals surface area (Å²) >= 11 is 0. The van der Waals surface area contributed by atoms with Crippen LogP contribution in [0.1, 0.15) is 25.7 Å². The van der Waals surface area contributed by atoms with Crippen molar-refractivity contribution >= 4 is 11.4 Å². The number of rotatable bonds is 5. The maximum absolute atomic E-state index is 10.8. The summed E-state index contributed by atoms with van der Waals surface area (Å²) in [7, 11) is 0. The number of nitro groups is 1. The Morgan fingerprint density at radius 3 is 2.18 bits per heavy atom. The first-order valence-corrected chi connectivity index (χ1v) is 10.9. The first-order chi connectivity index (χ1) is 13.7. The minimum atomic E-state index is -0.334. The van der Waals surface area contributed by atoms with Gasteiger partial charge in [0.2, 0.25) is 0 Å². The first-order valence-electron chi connectivity index (χ1n) is 10.9. The van der Waals surface area contributed by atoms with Crippen molar-refractivity contribution in [3.05, 3.63) is 34.4 Å². The summed E-state index contributed by atoms with van der Waals surface area (Å²) in [6, 6.07) is 7.71. The van der Waals surface area contributed by atoms with Gasteiger partial charge >= 0.3 is 0 Å². The van der Waals surface area contributed by atoms with Gasteiger partial charge in [0.05, 0.1) is 4.92 Å². The van der Waals surface area contributed by atoms with Crippen LogP contribution in [0.3, 0.4) is 0 Å². The molecule has 28 heavy (non-hydrogen) atoms. The number of anilines is 1. The van der Waals surface area contributed by atoms with E-state index in [4.69, 9.17) is 0 Å². The van der Waals surface area contributed by atoms with E-state index in [2.05, 4.69) is 20.0 Å². The molecule has 0 atom stereocenters. The molecule has 154 valence electrons. The van der Waals surface area contributed by atoms with Crippen LogP contribution in [0.5, 0.6) is 0 Å². The predicted octanol–water partition coefficient (Wildman–Crippen LogP) is 2.18. The fourth-order valence-corrected chi connectivity index (χ4v) is 5.03. The molecule has 1 aromatic rings. The van der Waals surface area contributed by atoms with E-state index in [1.807, 2.05) is 12.1 Å².